The Balaban J connectivity index is 1.67. The number of fused-ring (bicyclic) bond motifs is 1. The Morgan fingerprint density at radius 1 is 1.25 bits per heavy atom. The molecule has 0 radical (unpaired) electrons. The summed E-state index contributed by atoms with van der Waals surface area (Å²) in [6.07, 6.45) is 4.71. The second-order valence-corrected chi connectivity index (χ2v) is 5.39. The first-order chi connectivity index (χ1) is 9.75. The van der Waals surface area contributed by atoms with Crippen LogP contribution < -0.4 is 0 Å². The lowest BCUT2D eigenvalue weighted by molar-refractivity contribution is -0.139. The number of hydrogen-bond donors (Lipinski definition) is 0. The number of nitrogens with zero attached hydrogens (tertiary/aromatic N) is 3. The molecule has 5 nitrogen and oxygen atoms in total. The lowest BCUT2D eigenvalue weighted by Crippen LogP contribution is -2.44. The van der Waals surface area contributed by atoms with Crippen molar-refractivity contribution in [3.8, 4) is 0 Å². The fraction of sp³-hybridized carbons (Fsp3) is 0.533. The van der Waals surface area contributed by atoms with Crippen LogP contribution in [0, 0.1) is 0 Å². The third kappa shape index (κ3) is 2.53. The molecule has 0 saturated carbocycles. The second-order valence-electron chi connectivity index (χ2n) is 5.39. The van der Waals surface area contributed by atoms with Gasteiger partial charge in [-0.3, -0.25) is 14.6 Å². The van der Waals surface area contributed by atoms with Crippen molar-refractivity contribution in [1.29, 1.82) is 0 Å². The van der Waals surface area contributed by atoms with E-state index in [9.17, 15) is 9.59 Å². The van der Waals surface area contributed by atoms with Gasteiger partial charge in [0.1, 0.15) is 6.04 Å². The van der Waals surface area contributed by atoms with E-state index in [2.05, 4.69) is 4.98 Å². The smallest absolute Gasteiger partial charge is 0.245 e. The zero-order valence-electron chi connectivity index (χ0n) is 11.5. The molecule has 2 fully saturated rings. The number of rotatable bonds is 3. The molecule has 2 saturated heterocycles. The van der Waals surface area contributed by atoms with E-state index in [4.69, 9.17) is 0 Å². The monoisotopic (exact) mass is 273 g/mol. The molecule has 0 N–H and O–H groups in total. The molecule has 0 bridgehead atoms. The standard InChI is InChI=1S/C15H19N3O2/c19-14-7-11-17(10-6-12-4-1-2-8-16-12)15(20)13-5-3-9-18(13)14/h1-2,4,8,13H,3,5-7,9-11H2. The quantitative estimate of drug-likeness (QED) is 0.820. The van der Waals surface area contributed by atoms with Gasteiger partial charge in [-0.15, -0.1) is 0 Å². The maximum Gasteiger partial charge on any atom is 0.245 e. The van der Waals surface area contributed by atoms with Gasteiger partial charge < -0.3 is 9.80 Å². The normalized spacial score (nSPS) is 22.9. The minimum atomic E-state index is -0.214. The summed E-state index contributed by atoms with van der Waals surface area (Å²) in [5, 5.41) is 0. The highest BCUT2D eigenvalue weighted by atomic mass is 16.2. The van der Waals surface area contributed by atoms with E-state index in [1.54, 1.807) is 11.1 Å². The summed E-state index contributed by atoms with van der Waals surface area (Å²) >= 11 is 0. The van der Waals surface area contributed by atoms with E-state index in [1.807, 2.05) is 23.1 Å². The summed E-state index contributed by atoms with van der Waals surface area (Å²) in [6.45, 7) is 1.92. The first-order valence-electron chi connectivity index (χ1n) is 7.24. The van der Waals surface area contributed by atoms with Gasteiger partial charge >= 0.3 is 0 Å². The summed E-state index contributed by atoms with van der Waals surface area (Å²) in [4.78, 5) is 32.4. The summed E-state index contributed by atoms with van der Waals surface area (Å²) in [5.41, 5.74) is 0.985. The molecule has 1 aromatic heterocycles. The molecule has 106 valence electrons. The van der Waals surface area contributed by atoms with E-state index in [0.717, 1.165) is 31.5 Å². The molecule has 20 heavy (non-hydrogen) atoms. The van der Waals surface area contributed by atoms with E-state index in [0.29, 0.717) is 19.5 Å². The van der Waals surface area contributed by atoms with Crippen molar-refractivity contribution in [1.82, 2.24) is 14.8 Å². The summed E-state index contributed by atoms with van der Waals surface area (Å²) in [7, 11) is 0. The highest BCUT2D eigenvalue weighted by Gasteiger charge is 2.38. The highest BCUT2D eigenvalue weighted by Crippen LogP contribution is 2.23. The second kappa shape index (κ2) is 5.61. The molecule has 2 aliphatic heterocycles. The molecule has 2 amide bonds. The predicted octanol–water partition coefficient (Wildman–Crippen LogP) is 0.847. The van der Waals surface area contributed by atoms with Crippen molar-refractivity contribution in [2.24, 2.45) is 0 Å². The van der Waals surface area contributed by atoms with Gasteiger partial charge in [0.25, 0.3) is 0 Å². The van der Waals surface area contributed by atoms with Crippen LogP contribution in [-0.2, 0) is 16.0 Å². The zero-order chi connectivity index (χ0) is 13.9. The number of pyridine rings is 1. The van der Waals surface area contributed by atoms with Gasteiger partial charge in [0, 0.05) is 44.4 Å². The van der Waals surface area contributed by atoms with Gasteiger partial charge in [-0.05, 0) is 25.0 Å². The van der Waals surface area contributed by atoms with Crippen LogP contribution in [0.5, 0.6) is 0 Å². The van der Waals surface area contributed by atoms with Crippen molar-refractivity contribution in [3.63, 3.8) is 0 Å². The lowest BCUT2D eigenvalue weighted by atomic mass is 10.2. The molecule has 0 spiro atoms. The summed E-state index contributed by atoms with van der Waals surface area (Å²) in [5.74, 6) is 0.241. The fourth-order valence-corrected chi connectivity index (χ4v) is 3.03. The Morgan fingerprint density at radius 2 is 2.15 bits per heavy atom. The van der Waals surface area contributed by atoms with Gasteiger partial charge in [-0.1, -0.05) is 6.07 Å². The number of carbonyl (C=O) groups excluding carboxylic acids is 2. The van der Waals surface area contributed by atoms with Gasteiger partial charge in [0.15, 0.2) is 0 Å². The number of hydrogen-bond acceptors (Lipinski definition) is 3. The van der Waals surface area contributed by atoms with E-state index in [-0.39, 0.29) is 17.9 Å². The molecule has 0 aliphatic carbocycles. The maximum absolute atomic E-state index is 12.5. The Bertz CT molecular complexity index is 503. The average molecular weight is 273 g/mol. The average Bonchev–Trinajstić information content (AvgIpc) is 2.93. The summed E-state index contributed by atoms with van der Waals surface area (Å²) in [6, 6.07) is 5.59. The largest absolute Gasteiger partial charge is 0.340 e. The van der Waals surface area contributed by atoms with Crippen LogP contribution >= 0.6 is 0 Å². The first kappa shape index (κ1) is 13.1. The van der Waals surface area contributed by atoms with Crippen molar-refractivity contribution in [2.45, 2.75) is 31.7 Å². The van der Waals surface area contributed by atoms with Gasteiger partial charge in [-0.2, -0.15) is 0 Å². The van der Waals surface area contributed by atoms with E-state index >= 15 is 0 Å². The molecular weight excluding hydrogens is 254 g/mol. The van der Waals surface area contributed by atoms with Gasteiger partial charge in [0.05, 0.1) is 0 Å². The van der Waals surface area contributed by atoms with Crippen molar-refractivity contribution in [3.05, 3.63) is 30.1 Å². The fourth-order valence-electron chi connectivity index (χ4n) is 3.03. The SMILES string of the molecule is O=C1C2CCCN2C(=O)CCN1CCc1ccccn1. The molecule has 2 aliphatic rings. The molecule has 1 aromatic rings. The van der Waals surface area contributed by atoms with Crippen LogP contribution in [0.15, 0.2) is 24.4 Å². The van der Waals surface area contributed by atoms with Crippen LogP contribution in [0.4, 0.5) is 0 Å². The van der Waals surface area contributed by atoms with Gasteiger partial charge in [-0.25, -0.2) is 0 Å². The number of aromatic nitrogens is 1. The van der Waals surface area contributed by atoms with Crippen molar-refractivity contribution in [2.75, 3.05) is 19.6 Å². The lowest BCUT2D eigenvalue weighted by Gasteiger charge is -2.25. The summed E-state index contributed by atoms with van der Waals surface area (Å²) < 4.78 is 0. The minimum Gasteiger partial charge on any atom is -0.340 e. The molecule has 1 unspecified atom stereocenters. The van der Waals surface area contributed by atoms with Crippen LogP contribution in [-0.4, -0.2) is 52.3 Å². The first-order valence-corrected chi connectivity index (χ1v) is 7.24. The molecule has 1 atom stereocenters. The van der Waals surface area contributed by atoms with E-state index in [1.165, 1.54) is 0 Å². The maximum atomic E-state index is 12.5. The molecule has 5 heteroatoms. The molecular formula is C15H19N3O2. The molecule has 0 aromatic carbocycles. The minimum absolute atomic E-state index is 0.115. The van der Waals surface area contributed by atoms with E-state index < -0.39 is 0 Å². The molecule has 3 rings (SSSR count). The van der Waals surface area contributed by atoms with Crippen LogP contribution in [0.1, 0.15) is 25.0 Å². The Morgan fingerprint density at radius 3 is 2.95 bits per heavy atom. The van der Waals surface area contributed by atoms with Crippen LogP contribution in [0.2, 0.25) is 0 Å². The Kier molecular flexibility index (Phi) is 3.67. The third-order valence-electron chi connectivity index (χ3n) is 4.13. The third-order valence-corrected chi connectivity index (χ3v) is 4.13. The van der Waals surface area contributed by atoms with Crippen LogP contribution in [0.3, 0.4) is 0 Å². The predicted molar refractivity (Wildman–Crippen MR) is 73.9 cm³/mol. The number of carbonyl (C=O) groups is 2. The van der Waals surface area contributed by atoms with Crippen LogP contribution in [0.25, 0.3) is 0 Å². The zero-order valence-corrected chi connectivity index (χ0v) is 11.5. The Labute approximate surface area is 118 Å². The Hall–Kier alpha value is -1.91. The molecule has 3 heterocycles. The highest BCUT2D eigenvalue weighted by molar-refractivity contribution is 5.90. The van der Waals surface area contributed by atoms with Gasteiger partial charge in [0.2, 0.25) is 11.8 Å². The topological polar surface area (TPSA) is 53.5 Å². The van der Waals surface area contributed by atoms with Crippen molar-refractivity contribution >= 4 is 11.8 Å². The van der Waals surface area contributed by atoms with Crippen molar-refractivity contribution < 1.29 is 9.59 Å². The number of amides is 2.